The van der Waals surface area contributed by atoms with Crippen molar-refractivity contribution in [1.82, 2.24) is 0 Å². The van der Waals surface area contributed by atoms with Crippen LogP contribution in [0.1, 0.15) is 5.56 Å². The van der Waals surface area contributed by atoms with Crippen LogP contribution in [0.5, 0.6) is 0 Å². The van der Waals surface area contributed by atoms with Crippen LogP contribution in [-0.2, 0) is 6.42 Å². The van der Waals surface area contributed by atoms with E-state index in [-0.39, 0.29) is 5.56 Å². The first-order valence-electron chi connectivity index (χ1n) is 4.06. The molecule has 0 saturated carbocycles. The van der Waals surface area contributed by atoms with Crippen LogP contribution >= 0.6 is 0 Å². The molecule has 0 nitrogen and oxygen atoms in total. The van der Waals surface area contributed by atoms with Gasteiger partial charge in [0.15, 0.2) is 0 Å². The Morgan fingerprint density at radius 3 is 1.93 bits per heavy atom. The number of rotatable bonds is 2. The summed E-state index contributed by atoms with van der Waals surface area (Å²) >= 11 is 0. The Labute approximate surface area is 83.0 Å². The monoisotopic (exact) mass is 222 g/mol. The van der Waals surface area contributed by atoms with Crippen molar-refractivity contribution < 1.29 is 22.0 Å². The SMILES string of the molecule is FC(F)=C(Cc1ccccc1)C(F)(F)F. The van der Waals surface area contributed by atoms with Gasteiger partial charge in [-0.1, -0.05) is 30.3 Å². The van der Waals surface area contributed by atoms with E-state index >= 15 is 0 Å². The van der Waals surface area contributed by atoms with Crippen molar-refractivity contribution >= 4 is 0 Å². The van der Waals surface area contributed by atoms with Crippen LogP contribution in [0.4, 0.5) is 22.0 Å². The van der Waals surface area contributed by atoms with E-state index in [0.717, 1.165) is 0 Å². The second kappa shape index (κ2) is 4.42. The van der Waals surface area contributed by atoms with E-state index in [4.69, 9.17) is 0 Å². The molecule has 0 unspecified atom stereocenters. The molecule has 0 heterocycles. The summed E-state index contributed by atoms with van der Waals surface area (Å²) in [6.45, 7) is 0. The van der Waals surface area contributed by atoms with Gasteiger partial charge in [-0.25, -0.2) is 0 Å². The molecule has 0 aliphatic rings. The number of hydrogen-bond donors (Lipinski definition) is 0. The number of alkyl halides is 3. The van der Waals surface area contributed by atoms with Gasteiger partial charge in [0.1, 0.15) is 5.57 Å². The van der Waals surface area contributed by atoms with Gasteiger partial charge in [0, 0.05) is 6.42 Å². The molecule has 0 aliphatic heterocycles. The molecule has 0 radical (unpaired) electrons. The molecule has 0 fully saturated rings. The fourth-order valence-corrected chi connectivity index (χ4v) is 1.07. The lowest BCUT2D eigenvalue weighted by Crippen LogP contribution is -2.15. The van der Waals surface area contributed by atoms with Crippen molar-refractivity contribution in [3.05, 3.63) is 47.5 Å². The molecular formula is C10H7F5. The Balaban J connectivity index is 2.93. The maximum atomic E-state index is 12.1. The summed E-state index contributed by atoms with van der Waals surface area (Å²) in [5, 5.41) is 0. The van der Waals surface area contributed by atoms with Crippen LogP contribution in [0.3, 0.4) is 0 Å². The predicted octanol–water partition coefficient (Wildman–Crippen LogP) is 3.94. The number of benzene rings is 1. The maximum absolute atomic E-state index is 12.1. The molecule has 0 amide bonds. The van der Waals surface area contributed by atoms with Crippen LogP contribution in [0, 0.1) is 0 Å². The van der Waals surface area contributed by atoms with Crippen LogP contribution < -0.4 is 0 Å². The van der Waals surface area contributed by atoms with Crippen molar-refractivity contribution in [3.8, 4) is 0 Å². The zero-order valence-corrected chi connectivity index (χ0v) is 7.48. The third-order valence-corrected chi connectivity index (χ3v) is 1.79. The van der Waals surface area contributed by atoms with Crippen LogP contribution in [0.15, 0.2) is 42.0 Å². The van der Waals surface area contributed by atoms with Gasteiger partial charge < -0.3 is 0 Å². The Hall–Kier alpha value is -1.39. The molecule has 0 aliphatic carbocycles. The van der Waals surface area contributed by atoms with E-state index < -0.39 is 24.3 Å². The van der Waals surface area contributed by atoms with Crippen LogP contribution in [0.25, 0.3) is 0 Å². The highest BCUT2D eigenvalue weighted by Gasteiger charge is 2.37. The maximum Gasteiger partial charge on any atom is 0.418 e. The lowest BCUT2D eigenvalue weighted by molar-refractivity contribution is -0.0967. The van der Waals surface area contributed by atoms with Crippen molar-refractivity contribution in [2.24, 2.45) is 0 Å². The minimum Gasteiger partial charge on any atom is -0.173 e. The highest BCUT2D eigenvalue weighted by molar-refractivity contribution is 5.24. The standard InChI is InChI=1S/C10H7F5/c11-9(12)8(10(13,14)15)6-7-4-2-1-3-5-7/h1-5H,6H2. The normalized spacial score (nSPS) is 11.3. The Morgan fingerprint density at radius 2 is 1.53 bits per heavy atom. The van der Waals surface area contributed by atoms with Gasteiger partial charge in [-0.05, 0) is 5.56 Å². The molecule has 82 valence electrons. The first-order chi connectivity index (χ1) is 6.91. The molecule has 0 bridgehead atoms. The van der Waals surface area contributed by atoms with Gasteiger partial charge in [0.25, 0.3) is 6.08 Å². The van der Waals surface area contributed by atoms with E-state index in [2.05, 4.69) is 0 Å². The molecule has 1 aromatic carbocycles. The van der Waals surface area contributed by atoms with E-state index in [1.54, 1.807) is 6.07 Å². The fourth-order valence-electron chi connectivity index (χ4n) is 1.07. The average molecular weight is 222 g/mol. The number of allylic oxidation sites excluding steroid dienone is 1. The molecule has 0 N–H and O–H groups in total. The summed E-state index contributed by atoms with van der Waals surface area (Å²) in [6.07, 6.45) is -8.45. The molecular weight excluding hydrogens is 215 g/mol. The Kier molecular flexibility index (Phi) is 3.44. The third kappa shape index (κ3) is 3.34. The average Bonchev–Trinajstić information content (AvgIpc) is 2.13. The van der Waals surface area contributed by atoms with E-state index in [9.17, 15) is 22.0 Å². The van der Waals surface area contributed by atoms with Crippen molar-refractivity contribution in [2.75, 3.05) is 0 Å². The highest BCUT2D eigenvalue weighted by atomic mass is 19.4. The first-order valence-corrected chi connectivity index (χ1v) is 4.06. The lowest BCUT2D eigenvalue weighted by atomic mass is 10.1. The minimum absolute atomic E-state index is 0.206. The zero-order chi connectivity index (χ0) is 11.5. The molecule has 0 atom stereocenters. The summed E-state index contributed by atoms with van der Waals surface area (Å²) in [6, 6.07) is 7.34. The molecule has 1 rings (SSSR count). The van der Waals surface area contributed by atoms with Gasteiger partial charge in [-0.15, -0.1) is 0 Å². The molecule has 0 spiro atoms. The van der Waals surface area contributed by atoms with Crippen LogP contribution in [-0.4, -0.2) is 6.18 Å². The van der Waals surface area contributed by atoms with Crippen molar-refractivity contribution in [1.29, 1.82) is 0 Å². The molecule has 15 heavy (non-hydrogen) atoms. The molecule has 0 aromatic heterocycles. The number of hydrogen-bond acceptors (Lipinski definition) is 0. The summed E-state index contributed by atoms with van der Waals surface area (Å²) in [5.41, 5.74) is -1.58. The van der Waals surface area contributed by atoms with Gasteiger partial charge in [0.2, 0.25) is 0 Å². The zero-order valence-electron chi connectivity index (χ0n) is 7.48. The quantitative estimate of drug-likeness (QED) is 0.665. The predicted molar refractivity (Wildman–Crippen MR) is 45.4 cm³/mol. The molecule has 1 aromatic rings. The summed E-state index contributed by atoms with van der Waals surface area (Å²) in [5.74, 6) is 0. The van der Waals surface area contributed by atoms with Crippen molar-refractivity contribution in [2.45, 2.75) is 12.6 Å². The minimum atomic E-state index is -4.98. The van der Waals surface area contributed by atoms with Crippen molar-refractivity contribution in [3.63, 3.8) is 0 Å². The van der Waals surface area contributed by atoms with Gasteiger partial charge in [-0.3, -0.25) is 0 Å². The Morgan fingerprint density at radius 1 is 1.00 bits per heavy atom. The number of halogens is 5. The van der Waals surface area contributed by atoms with Gasteiger partial charge in [0.05, 0.1) is 0 Å². The second-order valence-electron chi connectivity index (χ2n) is 2.90. The first kappa shape index (κ1) is 11.7. The summed E-state index contributed by atoms with van der Waals surface area (Å²) in [4.78, 5) is 0. The summed E-state index contributed by atoms with van der Waals surface area (Å²) < 4.78 is 60.4. The molecule has 5 heteroatoms. The third-order valence-electron chi connectivity index (χ3n) is 1.79. The van der Waals surface area contributed by atoms with E-state index in [1.165, 1.54) is 24.3 Å². The van der Waals surface area contributed by atoms with E-state index in [0.29, 0.717) is 0 Å². The molecule has 0 saturated heterocycles. The van der Waals surface area contributed by atoms with Gasteiger partial charge in [-0.2, -0.15) is 22.0 Å². The highest BCUT2D eigenvalue weighted by Crippen LogP contribution is 2.31. The van der Waals surface area contributed by atoms with Crippen LogP contribution in [0.2, 0.25) is 0 Å². The second-order valence-corrected chi connectivity index (χ2v) is 2.90. The lowest BCUT2D eigenvalue weighted by Gasteiger charge is -2.10. The smallest absolute Gasteiger partial charge is 0.173 e. The Bertz CT molecular complexity index is 346. The largest absolute Gasteiger partial charge is 0.418 e. The van der Waals surface area contributed by atoms with Gasteiger partial charge >= 0.3 is 6.18 Å². The topological polar surface area (TPSA) is 0 Å². The summed E-state index contributed by atoms with van der Waals surface area (Å²) in [7, 11) is 0. The van der Waals surface area contributed by atoms with E-state index in [1.807, 2.05) is 0 Å². The fraction of sp³-hybridized carbons (Fsp3) is 0.200.